The topological polar surface area (TPSA) is 77.5 Å². The van der Waals surface area contributed by atoms with E-state index in [-0.39, 0.29) is 23.9 Å². The minimum absolute atomic E-state index is 0.167. The molecule has 1 saturated heterocycles. The molecule has 0 amide bonds. The molecule has 0 aromatic heterocycles. The van der Waals surface area contributed by atoms with E-state index in [0.29, 0.717) is 19.6 Å². The number of aliphatic hydroxyl groups is 1. The fraction of sp³-hybridized carbons (Fsp3) is 0.400. The number of carbonyl (C=O) groups excluding carboxylic acids is 1. The van der Waals surface area contributed by atoms with Crippen molar-refractivity contribution in [3.05, 3.63) is 71.5 Å². The normalized spacial score (nSPS) is 16.0. The van der Waals surface area contributed by atoms with Crippen LogP contribution in [0.1, 0.15) is 38.3 Å². The van der Waals surface area contributed by atoms with Gasteiger partial charge >= 0.3 is 5.97 Å². The molecular weight excluding hydrogens is 396 g/mol. The van der Waals surface area contributed by atoms with Gasteiger partial charge in [0.05, 0.1) is 19.8 Å². The Bertz CT molecular complexity index is 879. The number of carbonyl (C=O) groups is 1. The molecule has 1 aliphatic heterocycles. The fourth-order valence-electron chi connectivity index (χ4n) is 3.06. The molecule has 2 aromatic rings. The van der Waals surface area contributed by atoms with Gasteiger partial charge in [-0.3, -0.25) is 0 Å². The van der Waals surface area contributed by atoms with Crippen molar-refractivity contribution in [2.75, 3.05) is 26.4 Å². The van der Waals surface area contributed by atoms with E-state index in [2.05, 4.69) is 38.1 Å². The van der Waals surface area contributed by atoms with Crippen molar-refractivity contribution in [3.8, 4) is 11.5 Å². The molecule has 0 bridgehead atoms. The summed E-state index contributed by atoms with van der Waals surface area (Å²) in [5.74, 6) is 0.512. The number of hydrogen-bond donors (Lipinski definition) is 1. The van der Waals surface area contributed by atoms with Crippen LogP contribution in [0.5, 0.6) is 11.5 Å². The first kappa shape index (κ1) is 22.7. The monoisotopic (exact) mass is 426 g/mol. The van der Waals surface area contributed by atoms with Gasteiger partial charge in [-0.25, -0.2) is 4.79 Å². The van der Waals surface area contributed by atoms with E-state index >= 15 is 0 Å². The van der Waals surface area contributed by atoms with Gasteiger partial charge in [0.15, 0.2) is 5.76 Å². The summed E-state index contributed by atoms with van der Waals surface area (Å²) in [5.41, 5.74) is 2.21. The Hall–Kier alpha value is -2.99. The molecule has 2 aromatic carbocycles. The van der Waals surface area contributed by atoms with Crippen LogP contribution in [0.2, 0.25) is 0 Å². The van der Waals surface area contributed by atoms with Gasteiger partial charge in [0.25, 0.3) is 0 Å². The van der Waals surface area contributed by atoms with Crippen LogP contribution < -0.4 is 9.47 Å². The van der Waals surface area contributed by atoms with Gasteiger partial charge in [0, 0.05) is 11.8 Å². The second kappa shape index (κ2) is 10.4. The molecule has 3 rings (SSSR count). The van der Waals surface area contributed by atoms with Gasteiger partial charge in [0.2, 0.25) is 0 Å². The average molecular weight is 427 g/mol. The van der Waals surface area contributed by atoms with Crippen LogP contribution in [0, 0.1) is 0 Å². The average Bonchev–Trinajstić information content (AvgIpc) is 3.62. The summed E-state index contributed by atoms with van der Waals surface area (Å²) in [7, 11) is 0. The summed E-state index contributed by atoms with van der Waals surface area (Å²) in [6.07, 6.45) is 2.09. The van der Waals surface area contributed by atoms with Crippen molar-refractivity contribution in [2.45, 2.75) is 38.7 Å². The molecule has 166 valence electrons. The third-order valence-electron chi connectivity index (χ3n) is 5.26. The lowest BCUT2D eigenvalue weighted by Gasteiger charge is -2.26. The Morgan fingerprint density at radius 3 is 2.10 bits per heavy atom. The molecule has 1 atom stereocenters. The summed E-state index contributed by atoms with van der Waals surface area (Å²) >= 11 is 0. The fourth-order valence-corrected chi connectivity index (χ4v) is 3.06. The third kappa shape index (κ3) is 6.49. The van der Waals surface area contributed by atoms with E-state index in [9.17, 15) is 9.90 Å². The van der Waals surface area contributed by atoms with Gasteiger partial charge in [0.1, 0.15) is 24.2 Å². The smallest absolute Gasteiger partial charge is 0.373 e. The van der Waals surface area contributed by atoms with Crippen molar-refractivity contribution < 1.29 is 28.8 Å². The zero-order valence-corrected chi connectivity index (χ0v) is 18.3. The Labute approximate surface area is 183 Å². The molecular formula is C25H30O6. The Morgan fingerprint density at radius 1 is 1.03 bits per heavy atom. The van der Waals surface area contributed by atoms with Crippen molar-refractivity contribution in [1.82, 2.24) is 0 Å². The standard InChI is InChI=1S/C25H30O6/c1-4-23(26)24(27)29-15-5-14-28-20-10-6-18(7-11-20)25(2,3)19-8-12-21(13-9-19)30-16-22-17-31-22/h4,6-13,22,26H,5,14-17H2,1-3H3. The molecule has 1 heterocycles. The van der Waals surface area contributed by atoms with Crippen LogP contribution in [0.25, 0.3) is 0 Å². The van der Waals surface area contributed by atoms with Crippen LogP contribution >= 0.6 is 0 Å². The SMILES string of the molecule is CC=C(O)C(=O)OCCCOc1ccc(C(C)(C)c2ccc(OCC3CO3)cc2)cc1. The van der Waals surface area contributed by atoms with Crippen LogP contribution in [-0.4, -0.2) is 43.6 Å². The lowest BCUT2D eigenvalue weighted by atomic mass is 9.78. The first-order valence-corrected chi connectivity index (χ1v) is 10.5. The summed E-state index contributed by atoms with van der Waals surface area (Å²) < 4.78 is 21.5. The van der Waals surface area contributed by atoms with Gasteiger partial charge in [-0.15, -0.1) is 0 Å². The van der Waals surface area contributed by atoms with E-state index in [0.717, 1.165) is 18.1 Å². The largest absolute Gasteiger partial charge is 0.502 e. The number of rotatable bonds is 11. The molecule has 1 aliphatic rings. The minimum Gasteiger partial charge on any atom is -0.502 e. The van der Waals surface area contributed by atoms with Gasteiger partial charge in [-0.1, -0.05) is 38.1 Å². The summed E-state index contributed by atoms with van der Waals surface area (Å²) in [5, 5.41) is 9.24. The molecule has 0 spiro atoms. The molecule has 0 radical (unpaired) electrons. The number of ether oxygens (including phenoxy) is 4. The van der Waals surface area contributed by atoms with Crippen molar-refractivity contribution in [2.24, 2.45) is 0 Å². The van der Waals surface area contributed by atoms with Crippen LogP contribution in [0.4, 0.5) is 0 Å². The number of hydrogen-bond acceptors (Lipinski definition) is 6. The maximum absolute atomic E-state index is 11.3. The Balaban J connectivity index is 1.48. The lowest BCUT2D eigenvalue weighted by Crippen LogP contribution is -2.18. The van der Waals surface area contributed by atoms with Crippen LogP contribution in [0.15, 0.2) is 60.4 Å². The van der Waals surface area contributed by atoms with Gasteiger partial charge < -0.3 is 24.1 Å². The molecule has 6 heteroatoms. The van der Waals surface area contributed by atoms with Crippen LogP contribution in [0.3, 0.4) is 0 Å². The molecule has 6 nitrogen and oxygen atoms in total. The predicted octanol–water partition coefficient (Wildman–Crippen LogP) is 4.56. The van der Waals surface area contributed by atoms with Gasteiger partial charge in [-0.2, -0.15) is 0 Å². The van der Waals surface area contributed by atoms with Crippen LogP contribution in [-0.2, 0) is 19.7 Å². The Morgan fingerprint density at radius 2 is 1.58 bits per heavy atom. The number of allylic oxidation sites excluding steroid dienone is 1. The lowest BCUT2D eigenvalue weighted by molar-refractivity contribution is -0.142. The predicted molar refractivity (Wildman–Crippen MR) is 118 cm³/mol. The van der Waals surface area contributed by atoms with Crippen molar-refractivity contribution >= 4 is 5.97 Å². The number of esters is 1. The van der Waals surface area contributed by atoms with E-state index in [1.807, 2.05) is 24.3 Å². The zero-order valence-electron chi connectivity index (χ0n) is 18.3. The highest BCUT2D eigenvalue weighted by atomic mass is 16.6. The van der Waals surface area contributed by atoms with E-state index in [4.69, 9.17) is 18.9 Å². The highest BCUT2D eigenvalue weighted by Gasteiger charge is 2.24. The highest BCUT2D eigenvalue weighted by Crippen LogP contribution is 2.33. The van der Waals surface area contributed by atoms with E-state index in [1.54, 1.807) is 6.92 Å². The Kier molecular flexibility index (Phi) is 7.58. The minimum atomic E-state index is -0.717. The van der Waals surface area contributed by atoms with E-state index in [1.165, 1.54) is 17.2 Å². The molecule has 0 aliphatic carbocycles. The van der Waals surface area contributed by atoms with Crippen molar-refractivity contribution in [1.29, 1.82) is 0 Å². The van der Waals surface area contributed by atoms with Gasteiger partial charge in [-0.05, 0) is 48.4 Å². The van der Waals surface area contributed by atoms with Crippen molar-refractivity contribution in [3.63, 3.8) is 0 Å². The third-order valence-corrected chi connectivity index (χ3v) is 5.26. The zero-order chi connectivity index (χ0) is 22.3. The first-order chi connectivity index (χ1) is 14.9. The molecule has 1 N–H and O–H groups in total. The molecule has 31 heavy (non-hydrogen) atoms. The molecule has 1 fully saturated rings. The second-order valence-electron chi connectivity index (χ2n) is 7.95. The summed E-state index contributed by atoms with van der Waals surface area (Å²) in [6, 6.07) is 16.2. The number of benzene rings is 2. The highest BCUT2D eigenvalue weighted by molar-refractivity contribution is 5.85. The maximum atomic E-state index is 11.3. The molecule has 1 unspecified atom stereocenters. The molecule has 0 saturated carbocycles. The van der Waals surface area contributed by atoms with E-state index < -0.39 is 5.97 Å². The summed E-state index contributed by atoms with van der Waals surface area (Å²) in [6.45, 7) is 7.94. The quantitative estimate of drug-likeness (QED) is 0.187. The number of aliphatic hydroxyl groups excluding tert-OH is 1. The maximum Gasteiger partial charge on any atom is 0.373 e. The first-order valence-electron chi connectivity index (χ1n) is 10.5. The second-order valence-corrected chi connectivity index (χ2v) is 7.95. The summed E-state index contributed by atoms with van der Waals surface area (Å²) in [4.78, 5) is 11.3. The number of epoxide rings is 1.